The van der Waals surface area contributed by atoms with Crippen LogP contribution in [-0.2, 0) is 0 Å². The minimum Gasteiger partial charge on any atom is -0.504 e. The minimum atomic E-state index is -0.189. The summed E-state index contributed by atoms with van der Waals surface area (Å²) in [5.41, 5.74) is 0.624. The van der Waals surface area contributed by atoms with Crippen LogP contribution in [0.3, 0.4) is 0 Å². The number of hydrogen-bond acceptors (Lipinski definition) is 6. The molecule has 0 spiro atoms. The normalized spacial score (nSPS) is 16.6. The van der Waals surface area contributed by atoms with Crippen LogP contribution in [0.5, 0.6) is 11.5 Å². The lowest BCUT2D eigenvalue weighted by molar-refractivity contribution is 0.320. The van der Waals surface area contributed by atoms with Gasteiger partial charge in [-0.05, 0) is 44.1 Å². The first-order chi connectivity index (χ1) is 9.24. The molecule has 19 heavy (non-hydrogen) atoms. The number of hydrogen-bond donors (Lipinski definition) is 3. The number of aromatic hydroxyl groups is 2. The van der Waals surface area contributed by atoms with E-state index in [0.717, 1.165) is 25.9 Å². The Bertz CT molecular complexity index is 576. The maximum atomic E-state index is 9.47. The van der Waals surface area contributed by atoms with Crippen molar-refractivity contribution in [3.63, 3.8) is 0 Å². The molecule has 0 saturated carbocycles. The highest BCUT2D eigenvalue weighted by Crippen LogP contribution is 2.30. The van der Waals surface area contributed by atoms with Gasteiger partial charge in [0, 0.05) is 11.5 Å². The Labute approximate surface area is 110 Å². The van der Waals surface area contributed by atoms with E-state index in [1.807, 2.05) is 0 Å². The summed E-state index contributed by atoms with van der Waals surface area (Å²) in [5.74, 6) is 1.03. The molecule has 0 atom stereocenters. The predicted octanol–water partition coefficient (Wildman–Crippen LogP) is 1.61. The number of phenolic OH excluding ortho intramolecular Hbond substituents is 2. The van der Waals surface area contributed by atoms with E-state index < -0.39 is 0 Å². The van der Waals surface area contributed by atoms with Crippen molar-refractivity contribution in [2.75, 3.05) is 13.1 Å². The van der Waals surface area contributed by atoms with E-state index in [9.17, 15) is 10.2 Å². The Morgan fingerprint density at radius 2 is 1.95 bits per heavy atom. The molecular weight excluding hydrogens is 246 g/mol. The maximum absolute atomic E-state index is 9.47. The van der Waals surface area contributed by atoms with Gasteiger partial charge in [0.25, 0.3) is 0 Å². The van der Waals surface area contributed by atoms with Crippen molar-refractivity contribution >= 4 is 0 Å². The van der Waals surface area contributed by atoms with Crippen LogP contribution >= 0.6 is 0 Å². The third-order valence-corrected chi connectivity index (χ3v) is 3.36. The van der Waals surface area contributed by atoms with Gasteiger partial charge in [-0.3, -0.25) is 0 Å². The average molecular weight is 261 g/mol. The lowest BCUT2D eigenvalue weighted by Gasteiger charge is -2.18. The zero-order chi connectivity index (χ0) is 13.2. The molecule has 0 unspecified atom stereocenters. The van der Waals surface area contributed by atoms with Gasteiger partial charge in [-0.15, -0.1) is 0 Å². The molecule has 1 aromatic carbocycles. The highest BCUT2D eigenvalue weighted by Gasteiger charge is 2.21. The molecule has 3 N–H and O–H groups in total. The van der Waals surface area contributed by atoms with E-state index in [4.69, 9.17) is 4.52 Å². The number of piperidine rings is 1. The smallest absolute Gasteiger partial charge is 0.230 e. The first kappa shape index (κ1) is 12.0. The minimum absolute atomic E-state index is 0.161. The zero-order valence-electron chi connectivity index (χ0n) is 10.3. The van der Waals surface area contributed by atoms with Crippen LogP contribution in [0, 0.1) is 0 Å². The Balaban J connectivity index is 1.85. The monoisotopic (exact) mass is 261 g/mol. The lowest BCUT2D eigenvalue weighted by Crippen LogP contribution is -2.26. The van der Waals surface area contributed by atoms with Crippen LogP contribution in [0.4, 0.5) is 0 Å². The summed E-state index contributed by atoms with van der Waals surface area (Å²) < 4.78 is 5.30. The number of phenols is 2. The fourth-order valence-corrected chi connectivity index (χ4v) is 2.25. The van der Waals surface area contributed by atoms with Crippen molar-refractivity contribution < 1.29 is 14.7 Å². The molecule has 1 saturated heterocycles. The van der Waals surface area contributed by atoms with Crippen molar-refractivity contribution in [2.45, 2.75) is 18.8 Å². The molecular formula is C13H15N3O3. The van der Waals surface area contributed by atoms with E-state index in [-0.39, 0.29) is 11.5 Å². The quantitative estimate of drug-likeness (QED) is 0.711. The maximum Gasteiger partial charge on any atom is 0.230 e. The second-order valence-corrected chi connectivity index (χ2v) is 4.68. The molecule has 0 radical (unpaired) electrons. The first-order valence-corrected chi connectivity index (χ1v) is 6.31. The van der Waals surface area contributed by atoms with Crippen molar-refractivity contribution in [2.24, 2.45) is 0 Å². The SMILES string of the molecule is Oc1ccc(-c2noc(C3CCNCC3)n2)cc1O. The van der Waals surface area contributed by atoms with E-state index in [1.165, 1.54) is 12.1 Å². The van der Waals surface area contributed by atoms with Gasteiger partial charge in [0.05, 0.1) is 0 Å². The van der Waals surface area contributed by atoms with E-state index in [0.29, 0.717) is 23.2 Å². The third kappa shape index (κ3) is 2.39. The summed E-state index contributed by atoms with van der Waals surface area (Å²) >= 11 is 0. The number of benzene rings is 1. The molecule has 1 aliphatic heterocycles. The Hall–Kier alpha value is -2.08. The molecule has 0 aliphatic carbocycles. The number of nitrogens with zero attached hydrogens (tertiary/aromatic N) is 2. The molecule has 2 heterocycles. The third-order valence-electron chi connectivity index (χ3n) is 3.36. The molecule has 0 bridgehead atoms. The fraction of sp³-hybridized carbons (Fsp3) is 0.385. The summed E-state index contributed by atoms with van der Waals surface area (Å²) in [7, 11) is 0. The second kappa shape index (κ2) is 4.89. The Morgan fingerprint density at radius 3 is 2.68 bits per heavy atom. The van der Waals surface area contributed by atoms with E-state index >= 15 is 0 Å². The molecule has 1 fully saturated rings. The van der Waals surface area contributed by atoms with Crippen LogP contribution in [0.1, 0.15) is 24.7 Å². The summed E-state index contributed by atoms with van der Waals surface area (Å²) in [6.07, 6.45) is 1.98. The van der Waals surface area contributed by atoms with Gasteiger partial charge in [0.1, 0.15) is 0 Å². The molecule has 2 aromatic rings. The van der Waals surface area contributed by atoms with Crippen LogP contribution in [0.15, 0.2) is 22.7 Å². The molecule has 3 rings (SSSR count). The molecule has 1 aromatic heterocycles. The van der Waals surface area contributed by atoms with E-state index in [2.05, 4.69) is 15.5 Å². The summed E-state index contributed by atoms with van der Waals surface area (Å²) in [4.78, 5) is 4.38. The van der Waals surface area contributed by atoms with Crippen molar-refractivity contribution in [1.82, 2.24) is 15.5 Å². The zero-order valence-corrected chi connectivity index (χ0v) is 10.3. The van der Waals surface area contributed by atoms with Crippen molar-refractivity contribution in [3.8, 4) is 22.9 Å². The van der Waals surface area contributed by atoms with Crippen LogP contribution in [-0.4, -0.2) is 33.4 Å². The summed E-state index contributed by atoms with van der Waals surface area (Å²) in [5, 5.41) is 26.0. The highest BCUT2D eigenvalue weighted by atomic mass is 16.5. The van der Waals surface area contributed by atoms with Gasteiger partial charge in [-0.1, -0.05) is 5.16 Å². The molecule has 0 amide bonds. The van der Waals surface area contributed by atoms with Gasteiger partial charge in [-0.25, -0.2) is 0 Å². The summed E-state index contributed by atoms with van der Waals surface area (Å²) in [6, 6.07) is 4.48. The molecule has 100 valence electrons. The largest absolute Gasteiger partial charge is 0.504 e. The lowest BCUT2D eigenvalue weighted by atomic mass is 9.98. The van der Waals surface area contributed by atoms with Crippen LogP contribution < -0.4 is 5.32 Å². The summed E-state index contributed by atoms with van der Waals surface area (Å²) in [6.45, 7) is 1.92. The Kier molecular flexibility index (Phi) is 3.08. The van der Waals surface area contributed by atoms with E-state index in [1.54, 1.807) is 6.07 Å². The number of nitrogens with one attached hydrogen (secondary N) is 1. The van der Waals surface area contributed by atoms with Gasteiger partial charge in [0.2, 0.25) is 11.7 Å². The second-order valence-electron chi connectivity index (χ2n) is 4.68. The highest BCUT2D eigenvalue weighted by molar-refractivity contribution is 5.59. The van der Waals surface area contributed by atoms with Gasteiger partial charge in [0.15, 0.2) is 11.5 Å². The average Bonchev–Trinajstić information content (AvgIpc) is 2.93. The Morgan fingerprint density at radius 1 is 1.16 bits per heavy atom. The van der Waals surface area contributed by atoms with Crippen molar-refractivity contribution in [3.05, 3.63) is 24.1 Å². The molecule has 6 heteroatoms. The van der Waals surface area contributed by atoms with Crippen LogP contribution in [0.25, 0.3) is 11.4 Å². The molecule has 1 aliphatic rings. The fourth-order valence-electron chi connectivity index (χ4n) is 2.25. The van der Waals surface area contributed by atoms with Gasteiger partial charge < -0.3 is 20.1 Å². The topological polar surface area (TPSA) is 91.4 Å². The van der Waals surface area contributed by atoms with Crippen molar-refractivity contribution in [1.29, 1.82) is 0 Å². The standard InChI is InChI=1S/C13H15N3O3/c17-10-2-1-9(7-11(10)18)12-15-13(19-16-12)8-3-5-14-6-4-8/h1-2,7-8,14,17-18H,3-6H2. The van der Waals surface area contributed by atoms with Gasteiger partial charge in [-0.2, -0.15) is 4.98 Å². The number of rotatable bonds is 2. The first-order valence-electron chi connectivity index (χ1n) is 6.31. The molecule has 6 nitrogen and oxygen atoms in total. The number of aromatic nitrogens is 2. The predicted molar refractivity (Wildman–Crippen MR) is 67.9 cm³/mol. The van der Waals surface area contributed by atoms with Gasteiger partial charge >= 0.3 is 0 Å². The van der Waals surface area contributed by atoms with Crippen LogP contribution in [0.2, 0.25) is 0 Å².